The van der Waals surface area contributed by atoms with Crippen molar-refractivity contribution in [3.63, 3.8) is 0 Å². The Morgan fingerprint density at radius 1 is 1.42 bits per heavy atom. The first-order chi connectivity index (χ1) is 11.6. The fourth-order valence-electron chi connectivity index (χ4n) is 2.84. The molecule has 4 nitrogen and oxygen atoms in total. The van der Waals surface area contributed by atoms with Gasteiger partial charge in [-0.1, -0.05) is 17.7 Å². The van der Waals surface area contributed by atoms with Gasteiger partial charge in [-0.15, -0.1) is 11.3 Å². The van der Waals surface area contributed by atoms with E-state index in [1.807, 2.05) is 11.6 Å². The summed E-state index contributed by atoms with van der Waals surface area (Å²) in [6.07, 6.45) is 4.61. The number of amides is 1. The number of anilines is 1. The molecule has 1 aromatic heterocycles. The van der Waals surface area contributed by atoms with Crippen LogP contribution in [0.3, 0.4) is 0 Å². The zero-order valence-electron chi connectivity index (χ0n) is 13.2. The van der Waals surface area contributed by atoms with Crippen LogP contribution in [0.25, 0.3) is 0 Å². The van der Waals surface area contributed by atoms with E-state index in [1.54, 1.807) is 23.5 Å². The summed E-state index contributed by atoms with van der Waals surface area (Å²) in [5.41, 5.74) is 0.870. The number of benzene rings is 1. The summed E-state index contributed by atoms with van der Waals surface area (Å²) in [6.45, 7) is 1.82. The van der Waals surface area contributed by atoms with E-state index in [0.29, 0.717) is 12.8 Å². The number of aryl methyl sites for hydroxylation is 1. The van der Waals surface area contributed by atoms with Gasteiger partial charge in [0.05, 0.1) is 5.02 Å². The van der Waals surface area contributed by atoms with Gasteiger partial charge in [0.25, 0.3) is 0 Å². The lowest BCUT2D eigenvalue weighted by Crippen LogP contribution is -2.44. The summed E-state index contributed by atoms with van der Waals surface area (Å²) >= 11 is 7.40. The molecule has 0 aliphatic carbocycles. The first-order valence-electron chi connectivity index (χ1n) is 7.99. The quantitative estimate of drug-likeness (QED) is 0.877. The van der Waals surface area contributed by atoms with Gasteiger partial charge in [0.1, 0.15) is 5.82 Å². The van der Waals surface area contributed by atoms with Crippen molar-refractivity contribution >= 4 is 34.0 Å². The Morgan fingerprint density at radius 3 is 2.88 bits per heavy atom. The van der Waals surface area contributed by atoms with Crippen molar-refractivity contribution in [2.45, 2.75) is 31.7 Å². The second-order valence-electron chi connectivity index (χ2n) is 5.89. The van der Waals surface area contributed by atoms with Gasteiger partial charge in [-0.3, -0.25) is 4.79 Å². The van der Waals surface area contributed by atoms with E-state index in [-0.39, 0.29) is 17.0 Å². The Balaban J connectivity index is 1.42. The monoisotopic (exact) mass is 367 g/mol. The van der Waals surface area contributed by atoms with E-state index in [2.05, 4.69) is 15.2 Å². The number of carbonyl (C=O) groups excluding carboxylic acids is 1. The van der Waals surface area contributed by atoms with Crippen LogP contribution in [0.4, 0.5) is 9.52 Å². The lowest BCUT2D eigenvalue weighted by molar-refractivity contribution is -0.121. The minimum atomic E-state index is -0.433. The first kappa shape index (κ1) is 17.2. The fraction of sp³-hybridized carbons (Fsp3) is 0.412. The molecule has 1 N–H and O–H groups in total. The molecule has 0 unspecified atom stereocenters. The number of hydrogen-bond acceptors (Lipinski definition) is 4. The van der Waals surface area contributed by atoms with E-state index < -0.39 is 5.82 Å². The van der Waals surface area contributed by atoms with Gasteiger partial charge in [-0.05, 0) is 37.0 Å². The molecule has 24 heavy (non-hydrogen) atoms. The average molecular weight is 368 g/mol. The summed E-state index contributed by atoms with van der Waals surface area (Å²) in [5.74, 6) is -0.403. The van der Waals surface area contributed by atoms with Crippen molar-refractivity contribution in [3.8, 4) is 0 Å². The molecule has 7 heteroatoms. The summed E-state index contributed by atoms with van der Waals surface area (Å²) < 4.78 is 13.1. The number of nitrogens with zero attached hydrogens (tertiary/aromatic N) is 2. The fourth-order valence-corrected chi connectivity index (χ4v) is 3.74. The predicted octanol–water partition coefficient (Wildman–Crippen LogP) is 3.65. The molecule has 1 amide bonds. The summed E-state index contributed by atoms with van der Waals surface area (Å²) in [5, 5.41) is 6.22. The Morgan fingerprint density at radius 2 is 2.21 bits per heavy atom. The second-order valence-corrected chi connectivity index (χ2v) is 7.17. The Kier molecular flexibility index (Phi) is 5.68. The number of aromatic nitrogens is 1. The number of thiazole rings is 1. The van der Waals surface area contributed by atoms with Gasteiger partial charge in [-0.2, -0.15) is 0 Å². The first-order valence-corrected chi connectivity index (χ1v) is 9.25. The predicted molar refractivity (Wildman–Crippen MR) is 95.2 cm³/mol. The molecule has 0 bridgehead atoms. The van der Waals surface area contributed by atoms with E-state index >= 15 is 0 Å². The van der Waals surface area contributed by atoms with Gasteiger partial charge in [0.2, 0.25) is 5.91 Å². The van der Waals surface area contributed by atoms with Crippen molar-refractivity contribution < 1.29 is 9.18 Å². The second kappa shape index (κ2) is 7.94. The summed E-state index contributed by atoms with van der Waals surface area (Å²) in [4.78, 5) is 18.7. The number of piperidine rings is 1. The number of carbonyl (C=O) groups is 1. The number of hydrogen-bond donors (Lipinski definition) is 1. The Bertz CT molecular complexity index is 687. The van der Waals surface area contributed by atoms with E-state index in [0.717, 1.165) is 36.6 Å². The highest BCUT2D eigenvalue weighted by Crippen LogP contribution is 2.22. The van der Waals surface area contributed by atoms with Crippen molar-refractivity contribution in [1.29, 1.82) is 0 Å². The van der Waals surface area contributed by atoms with Gasteiger partial charge >= 0.3 is 0 Å². The van der Waals surface area contributed by atoms with Crippen LogP contribution in [0.5, 0.6) is 0 Å². The van der Waals surface area contributed by atoms with Gasteiger partial charge in [-0.25, -0.2) is 9.37 Å². The van der Waals surface area contributed by atoms with Crippen LogP contribution in [-0.4, -0.2) is 30.0 Å². The molecule has 3 rings (SSSR count). The van der Waals surface area contributed by atoms with Crippen molar-refractivity contribution in [2.75, 3.05) is 18.0 Å². The lowest BCUT2D eigenvalue weighted by Gasteiger charge is -2.32. The Hall–Kier alpha value is -1.66. The average Bonchev–Trinajstić information content (AvgIpc) is 3.11. The van der Waals surface area contributed by atoms with Crippen LogP contribution in [0.2, 0.25) is 5.02 Å². The molecular formula is C17H19ClFN3OS. The maximum Gasteiger partial charge on any atom is 0.220 e. The van der Waals surface area contributed by atoms with Crippen LogP contribution >= 0.6 is 22.9 Å². The minimum absolute atomic E-state index is 0.0307. The van der Waals surface area contributed by atoms with E-state index in [9.17, 15) is 9.18 Å². The number of halogens is 2. The maximum atomic E-state index is 13.1. The molecule has 1 aliphatic rings. The molecule has 0 saturated carbocycles. The van der Waals surface area contributed by atoms with Gasteiger partial charge < -0.3 is 10.2 Å². The third-order valence-electron chi connectivity index (χ3n) is 4.17. The zero-order chi connectivity index (χ0) is 16.9. The molecule has 2 aromatic rings. The standard InChI is InChI=1S/C17H19ClFN3OS/c18-14-11-12(1-3-15(14)19)2-4-16(23)21-13-5-8-22(9-6-13)17-20-7-10-24-17/h1,3,7,10-11,13H,2,4-6,8-9H2,(H,21,23). The van der Waals surface area contributed by atoms with Crippen molar-refractivity contribution in [1.82, 2.24) is 10.3 Å². The molecule has 2 heterocycles. The van der Waals surface area contributed by atoms with E-state index in [4.69, 9.17) is 11.6 Å². The molecule has 1 aliphatic heterocycles. The van der Waals surface area contributed by atoms with Crippen LogP contribution in [-0.2, 0) is 11.2 Å². The molecule has 1 aromatic carbocycles. The Labute approximate surface area is 149 Å². The van der Waals surface area contributed by atoms with Gasteiger partial charge in [0, 0.05) is 37.1 Å². The third-order valence-corrected chi connectivity index (χ3v) is 5.30. The van der Waals surface area contributed by atoms with Crippen LogP contribution in [0.15, 0.2) is 29.8 Å². The summed E-state index contributed by atoms with van der Waals surface area (Å²) in [6, 6.07) is 4.80. The zero-order valence-corrected chi connectivity index (χ0v) is 14.7. The van der Waals surface area contributed by atoms with Crippen molar-refractivity contribution in [2.24, 2.45) is 0 Å². The molecule has 128 valence electrons. The molecule has 1 fully saturated rings. The van der Waals surface area contributed by atoms with Crippen LogP contribution < -0.4 is 10.2 Å². The molecular weight excluding hydrogens is 349 g/mol. The number of rotatable bonds is 5. The maximum absolute atomic E-state index is 13.1. The van der Waals surface area contributed by atoms with Crippen LogP contribution in [0, 0.1) is 5.82 Å². The topological polar surface area (TPSA) is 45.2 Å². The number of nitrogens with one attached hydrogen (secondary N) is 1. The normalized spacial score (nSPS) is 15.5. The SMILES string of the molecule is O=C(CCc1ccc(F)c(Cl)c1)NC1CCN(c2nccs2)CC1. The highest BCUT2D eigenvalue weighted by molar-refractivity contribution is 7.13. The molecule has 1 saturated heterocycles. The van der Waals surface area contributed by atoms with Crippen LogP contribution in [0.1, 0.15) is 24.8 Å². The van der Waals surface area contributed by atoms with Crippen molar-refractivity contribution in [3.05, 3.63) is 46.2 Å². The molecule has 0 radical (unpaired) electrons. The minimum Gasteiger partial charge on any atom is -0.353 e. The highest BCUT2D eigenvalue weighted by Gasteiger charge is 2.21. The van der Waals surface area contributed by atoms with Gasteiger partial charge in [0.15, 0.2) is 5.13 Å². The lowest BCUT2D eigenvalue weighted by atomic mass is 10.0. The highest BCUT2D eigenvalue weighted by atomic mass is 35.5. The third kappa shape index (κ3) is 4.45. The van der Waals surface area contributed by atoms with E-state index in [1.165, 1.54) is 6.07 Å². The molecule has 0 spiro atoms. The smallest absolute Gasteiger partial charge is 0.220 e. The molecule has 0 atom stereocenters. The largest absolute Gasteiger partial charge is 0.353 e. The summed E-state index contributed by atoms with van der Waals surface area (Å²) in [7, 11) is 0.